The molecule has 0 saturated carbocycles. The van der Waals surface area contributed by atoms with Gasteiger partial charge < -0.3 is 28.6 Å². The number of anilines is 3. The number of nitrogens with one attached hydrogen (secondary N) is 2. The van der Waals surface area contributed by atoms with Gasteiger partial charge in [-0.1, -0.05) is 41.4 Å². The number of para-hydroxylation sites is 2. The summed E-state index contributed by atoms with van der Waals surface area (Å²) in [4.78, 5) is 26.8. The van der Waals surface area contributed by atoms with E-state index in [4.69, 9.17) is 46.9 Å². The van der Waals surface area contributed by atoms with Crippen LogP contribution in [0.2, 0.25) is 8.67 Å². The van der Waals surface area contributed by atoms with Gasteiger partial charge in [0.15, 0.2) is 17.3 Å². The number of hydrogen-bond acceptors (Lipinski definition) is 13. The monoisotopic (exact) mass is 696 g/mol. The van der Waals surface area contributed by atoms with Crippen LogP contribution >= 0.6 is 34.5 Å². The smallest absolute Gasteiger partial charge is 0.412 e. The number of halogens is 2. The van der Waals surface area contributed by atoms with E-state index in [0.29, 0.717) is 37.9 Å². The molecule has 0 unspecified atom stereocenters. The van der Waals surface area contributed by atoms with Crippen LogP contribution in [0.4, 0.5) is 22.4 Å². The first-order valence-corrected chi connectivity index (χ1v) is 16.3. The molecule has 4 heterocycles. The maximum Gasteiger partial charge on any atom is 0.412 e. The molecule has 45 heavy (non-hydrogen) atoms. The second-order valence-electron chi connectivity index (χ2n) is 8.98. The summed E-state index contributed by atoms with van der Waals surface area (Å²) in [5.41, 5.74) is 0. The molecule has 0 spiro atoms. The van der Waals surface area contributed by atoms with Gasteiger partial charge in [0.25, 0.3) is 15.9 Å². The number of rotatable bonds is 12. The average Bonchev–Trinajstić information content (AvgIpc) is 3.40. The van der Waals surface area contributed by atoms with Gasteiger partial charge in [-0.25, -0.2) is 18.2 Å². The molecule has 3 aromatic heterocycles. The summed E-state index contributed by atoms with van der Waals surface area (Å²) in [6.45, 7) is 1.29. The van der Waals surface area contributed by atoms with E-state index in [9.17, 15) is 13.2 Å². The molecule has 0 bridgehead atoms. The lowest BCUT2D eigenvalue weighted by Gasteiger charge is -2.28. The molecule has 0 aliphatic carbocycles. The van der Waals surface area contributed by atoms with Crippen LogP contribution in [0.15, 0.2) is 59.6 Å². The Labute approximate surface area is 272 Å². The topological polar surface area (TPSA) is 163 Å². The third-order valence-corrected chi connectivity index (χ3v) is 9.09. The zero-order chi connectivity index (χ0) is 31.8. The summed E-state index contributed by atoms with van der Waals surface area (Å²) in [7, 11) is -2.87. The molecular formula is C27H26Cl2N6O8S2. The van der Waals surface area contributed by atoms with Crippen LogP contribution in [-0.4, -0.2) is 76.1 Å². The van der Waals surface area contributed by atoms with E-state index in [1.807, 2.05) is 0 Å². The first-order chi connectivity index (χ1) is 21.7. The van der Waals surface area contributed by atoms with Crippen LogP contribution in [0, 0.1) is 0 Å². The average molecular weight is 698 g/mol. The first kappa shape index (κ1) is 32.3. The van der Waals surface area contributed by atoms with E-state index in [1.165, 1.54) is 19.4 Å². The van der Waals surface area contributed by atoms with E-state index in [2.05, 4.69) is 25.0 Å². The van der Waals surface area contributed by atoms with Crippen LogP contribution in [0.3, 0.4) is 0 Å². The van der Waals surface area contributed by atoms with E-state index in [-0.39, 0.29) is 55.9 Å². The molecule has 1 aromatic carbocycles. The maximum absolute atomic E-state index is 13.5. The first-order valence-electron chi connectivity index (χ1n) is 13.2. The van der Waals surface area contributed by atoms with Crippen molar-refractivity contribution in [3.8, 4) is 23.1 Å². The molecule has 2 N–H and O–H groups in total. The second-order valence-corrected chi connectivity index (χ2v) is 12.9. The number of carbonyl (C=O) groups is 1. The quantitative estimate of drug-likeness (QED) is 0.184. The van der Waals surface area contributed by atoms with Crippen molar-refractivity contribution in [1.82, 2.24) is 15.0 Å². The van der Waals surface area contributed by atoms with Gasteiger partial charge in [0, 0.05) is 19.3 Å². The van der Waals surface area contributed by atoms with E-state index in [0.717, 1.165) is 11.3 Å². The van der Waals surface area contributed by atoms with Crippen LogP contribution in [0.1, 0.15) is 0 Å². The SMILES string of the molecule is COc1ccccc1Oc1c(NS(=O)(=O)c2cc(Cl)sc2Cl)nc(N2CCOCC2)nc1OCCOC(=O)Nc1ccccn1. The Morgan fingerprint density at radius 3 is 2.51 bits per heavy atom. The Morgan fingerprint density at radius 2 is 1.82 bits per heavy atom. The minimum Gasteiger partial charge on any atom is -0.493 e. The zero-order valence-corrected chi connectivity index (χ0v) is 26.7. The van der Waals surface area contributed by atoms with Crippen molar-refractivity contribution in [3.63, 3.8) is 0 Å². The van der Waals surface area contributed by atoms with Crippen molar-refractivity contribution >= 4 is 68.2 Å². The summed E-state index contributed by atoms with van der Waals surface area (Å²) in [6, 6.07) is 13.0. The van der Waals surface area contributed by atoms with Crippen LogP contribution < -0.4 is 29.1 Å². The molecular weight excluding hydrogens is 671 g/mol. The molecule has 1 saturated heterocycles. The molecule has 5 rings (SSSR count). The van der Waals surface area contributed by atoms with Crippen molar-refractivity contribution < 1.29 is 36.9 Å². The molecule has 14 nitrogen and oxygen atoms in total. The lowest BCUT2D eigenvalue weighted by Crippen LogP contribution is -2.37. The van der Waals surface area contributed by atoms with Crippen LogP contribution in [0.5, 0.6) is 23.1 Å². The fourth-order valence-corrected chi connectivity index (χ4v) is 7.09. The Balaban J connectivity index is 1.48. The summed E-state index contributed by atoms with van der Waals surface area (Å²) < 4.78 is 57.8. The number of morpholine rings is 1. The van der Waals surface area contributed by atoms with Crippen LogP contribution in [-0.2, 0) is 19.5 Å². The second kappa shape index (κ2) is 14.8. The van der Waals surface area contributed by atoms with Crippen molar-refractivity contribution in [2.24, 2.45) is 0 Å². The highest BCUT2D eigenvalue weighted by Gasteiger charge is 2.29. The zero-order valence-electron chi connectivity index (χ0n) is 23.6. The number of nitrogens with zero attached hydrogens (tertiary/aromatic N) is 4. The van der Waals surface area contributed by atoms with Gasteiger partial charge in [-0.15, -0.1) is 11.3 Å². The number of benzene rings is 1. The fourth-order valence-electron chi connectivity index (χ4n) is 3.94. The van der Waals surface area contributed by atoms with Crippen LogP contribution in [0.25, 0.3) is 0 Å². The molecule has 238 valence electrons. The predicted octanol–water partition coefficient (Wildman–Crippen LogP) is 5.31. The number of amides is 1. The van der Waals surface area contributed by atoms with Crippen molar-refractivity contribution in [2.75, 3.05) is 61.6 Å². The number of pyridine rings is 1. The molecule has 1 amide bonds. The summed E-state index contributed by atoms with van der Waals surface area (Å²) in [5, 5.41) is 2.50. The number of sulfonamides is 1. The van der Waals surface area contributed by atoms with Gasteiger partial charge in [0.1, 0.15) is 28.3 Å². The summed E-state index contributed by atoms with van der Waals surface area (Å²) >= 11 is 13.1. The van der Waals surface area contributed by atoms with Gasteiger partial charge in [-0.3, -0.25) is 10.0 Å². The molecule has 1 aliphatic rings. The van der Waals surface area contributed by atoms with Gasteiger partial charge in [-0.05, 0) is 30.3 Å². The minimum atomic E-state index is -4.32. The van der Waals surface area contributed by atoms with E-state index in [1.54, 1.807) is 47.4 Å². The molecule has 1 aliphatic heterocycles. The van der Waals surface area contributed by atoms with Gasteiger partial charge in [0.05, 0.1) is 24.7 Å². The van der Waals surface area contributed by atoms with Crippen molar-refractivity contribution in [3.05, 3.63) is 63.4 Å². The normalized spacial score (nSPS) is 13.2. The fraction of sp³-hybridized carbons (Fsp3) is 0.259. The molecule has 0 radical (unpaired) electrons. The summed E-state index contributed by atoms with van der Waals surface area (Å²) in [5.74, 6) is 0.438. The van der Waals surface area contributed by atoms with E-state index >= 15 is 0 Å². The number of thiophene rings is 1. The highest BCUT2D eigenvalue weighted by molar-refractivity contribution is 7.93. The van der Waals surface area contributed by atoms with Crippen molar-refractivity contribution in [2.45, 2.75) is 4.90 Å². The van der Waals surface area contributed by atoms with Gasteiger partial charge in [0.2, 0.25) is 11.7 Å². The number of aromatic nitrogens is 3. The van der Waals surface area contributed by atoms with E-state index < -0.39 is 16.1 Å². The Morgan fingerprint density at radius 1 is 1.07 bits per heavy atom. The Bertz CT molecular complexity index is 1740. The van der Waals surface area contributed by atoms with Crippen molar-refractivity contribution in [1.29, 1.82) is 0 Å². The number of methoxy groups -OCH3 is 1. The number of ether oxygens (including phenoxy) is 5. The highest BCUT2D eigenvalue weighted by atomic mass is 35.5. The standard InChI is InChI=1S/C27H26Cl2N6O8S2/c1-39-17-6-2-3-7-18(17)43-22-24(34-45(37,38)19-16-20(28)44-23(19)29)32-26(35-10-12-40-13-11-35)33-25(22)41-14-15-42-27(36)31-21-8-4-5-9-30-21/h2-9,16H,10-15H2,1H3,(H,30,31,36)(H,32,33,34). The molecule has 4 aromatic rings. The van der Waals surface area contributed by atoms with Gasteiger partial charge >= 0.3 is 6.09 Å². The Kier molecular flexibility index (Phi) is 10.6. The lowest BCUT2D eigenvalue weighted by atomic mass is 10.3. The minimum absolute atomic E-state index is 0.0419. The number of hydrogen-bond donors (Lipinski definition) is 2. The lowest BCUT2D eigenvalue weighted by molar-refractivity contribution is 0.121. The summed E-state index contributed by atoms with van der Waals surface area (Å²) in [6.07, 6.45) is 0.773. The third kappa shape index (κ3) is 8.34. The molecule has 18 heteroatoms. The molecule has 1 fully saturated rings. The molecule has 0 atom stereocenters. The third-order valence-electron chi connectivity index (χ3n) is 5.99. The Hall–Kier alpha value is -4.09. The maximum atomic E-state index is 13.5. The highest BCUT2D eigenvalue weighted by Crippen LogP contribution is 2.42. The number of carbonyl (C=O) groups excluding carboxylic acids is 1. The predicted molar refractivity (Wildman–Crippen MR) is 168 cm³/mol. The van der Waals surface area contributed by atoms with Gasteiger partial charge in [-0.2, -0.15) is 9.97 Å². The largest absolute Gasteiger partial charge is 0.493 e.